The molecule has 1 N–H and O–H groups in total. The predicted molar refractivity (Wildman–Crippen MR) is 97.6 cm³/mol. The van der Waals surface area contributed by atoms with Gasteiger partial charge in [0.1, 0.15) is 0 Å². The Labute approximate surface area is 145 Å². The summed E-state index contributed by atoms with van der Waals surface area (Å²) in [6, 6.07) is 8.14. The molecule has 1 atom stereocenters. The number of nitrogens with zero attached hydrogens (tertiary/aromatic N) is 2. The van der Waals surface area contributed by atoms with Crippen LogP contribution in [0, 0.1) is 5.92 Å². The van der Waals surface area contributed by atoms with Crippen LogP contribution in [-0.4, -0.2) is 56.7 Å². The van der Waals surface area contributed by atoms with Gasteiger partial charge >= 0.3 is 0 Å². The van der Waals surface area contributed by atoms with E-state index in [0.717, 1.165) is 57.5 Å². The van der Waals surface area contributed by atoms with Gasteiger partial charge in [0.25, 0.3) is 0 Å². The van der Waals surface area contributed by atoms with Gasteiger partial charge in [0.05, 0.1) is 13.2 Å². The van der Waals surface area contributed by atoms with Crippen molar-refractivity contribution < 1.29 is 9.53 Å². The molecule has 2 fully saturated rings. The summed E-state index contributed by atoms with van der Waals surface area (Å²) in [5.41, 5.74) is 2.07. The molecular formula is C19H29N3O2. The van der Waals surface area contributed by atoms with Gasteiger partial charge in [-0.3, -0.25) is 4.79 Å². The summed E-state index contributed by atoms with van der Waals surface area (Å²) in [6.45, 7) is 8.85. The van der Waals surface area contributed by atoms with E-state index in [9.17, 15) is 4.79 Å². The van der Waals surface area contributed by atoms with Gasteiger partial charge in [0.2, 0.25) is 5.91 Å². The smallest absolute Gasteiger partial charge is 0.225 e. The van der Waals surface area contributed by atoms with Gasteiger partial charge in [0.15, 0.2) is 0 Å². The fourth-order valence-electron chi connectivity index (χ4n) is 3.55. The summed E-state index contributed by atoms with van der Waals surface area (Å²) in [5.74, 6) is 0.863. The highest BCUT2D eigenvalue weighted by Gasteiger charge is 2.17. The molecule has 1 unspecified atom stereocenters. The van der Waals surface area contributed by atoms with E-state index in [0.29, 0.717) is 6.42 Å². The number of carbonyl (C=O) groups excluding carboxylic acids is 1. The average molecular weight is 331 g/mol. The molecule has 3 rings (SSSR count). The van der Waals surface area contributed by atoms with Crippen molar-refractivity contribution in [3.63, 3.8) is 0 Å². The van der Waals surface area contributed by atoms with Gasteiger partial charge < -0.3 is 19.9 Å². The molecular weight excluding hydrogens is 302 g/mol. The first kappa shape index (κ1) is 17.2. The van der Waals surface area contributed by atoms with Crippen molar-refractivity contribution in [3.05, 3.63) is 24.3 Å². The topological polar surface area (TPSA) is 44.8 Å². The fraction of sp³-hybridized carbons (Fsp3) is 0.632. The summed E-state index contributed by atoms with van der Waals surface area (Å²) >= 11 is 0. The molecule has 2 aliphatic heterocycles. The molecule has 24 heavy (non-hydrogen) atoms. The highest BCUT2D eigenvalue weighted by atomic mass is 16.5. The van der Waals surface area contributed by atoms with Crippen molar-refractivity contribution in [1.82, 2.24) is 4.90 Å². The molecule has 1 aromatic carbocycles. The SMILES string of the molecule is CC1CCCN(CCC(=O)Nc2ccc(N3CCOCC3)cc2)C1. The molecule has 2 heterocycles. The second-order valence-corrected chi connectivity index (χ2v) is 6.99. The lowest BCUT2D eigenvalue weighted by Gasteiger charge is -2.30. The van der Waals surface area contributed by atoms with E-state index in [-0.39, 0.29) is 5.91 Å². The Bertz CT molecular complexity index is 526. The predicted octanol–water partition coefficient (Wildman–Crippen LogP) is 2.58. The van der Waals surface area contributed by atoms with Crippen LogP contribution in [0.4, 0.5) is 11.4 Å². The summed E-state index contributed by atoms with van der Waals surface area (Å²) in [4.78, 5) is 16.9. The Morgan fingerprint density at radius 2 is 1.96 bits per heavy atom. The molecule has 0 aliphatic carbocycles. The standard InChI is InChI=1S/C19H29N3O2/c1-16-3-2-9-21(15-16)10-8-19(23)20-17-4-6-18(7-5-17)22-11-13-24-14-12-22/h4-7,16H,2-3,8-15H2,1H3,(H,20,23). The molecule has 5 nitrogen and oxygen atoms in total. The number of carbonyl (C=O) groups is 1. The monoisotopic (exact) mass is 331 g/mol. The van der Waals surface area contributed by atoms with Crippen LogP contribution >= 0.6 is 0 Å². The Kier molecular flexibility index (Phi) is 6.10. The maximum absolute atomic E-state index is 12.2. The van der Waals surface area contributed by atoms with E-state index < -0.39 is 0 Å². The van der Waals surface area contributed by atoms with E-state index in [1.165, 1.54) is 18.5 Å². The molecule has 0 bridgehead atoms. The maximum Gasteiger partial charge on any atom is 0.225 e. The minimum Gasteiger partial charge on any atom is -0.378 e. The largest absolute Gasteiger partial charge is 0.378 e. The third kappa shape index (κ3) is 4.95. The molecule has 0 saturated carbocycles. The second-order valence-electron chi connectivity index (χ2n) is 6.99. The molecule has 5 heteroatoms. The van der Waals surface area contributed by atoms with Crippen molar-refractivity contribution in [2.45, 2.75) is 26.2 Å². The Balaban J connectivity index is 1.44. The van der Waals surface area contributed by atoms with Crippen molar-refractivity contribution >= 4 is 17.3 Å². The minimum absolute atomic E-state index is 0.104. The first-order valence-electron chi connectivity index (χ1n) is 9.15. The summed E-state index contributed by atoms with van der Waals surface area (Å²) in [6.07, 6.45) is 3.14. The lowest BCUT2D eigenvalue weighted by molar-refractivity contribution is -0.116. The van der Waals surface area contributed by atoms with Crippen molar-refractivity contribution in [1.29, 1.82) is 0 Å². The molecule has 1 amide bonds. The number of morpholine rings is 1. The summed E-state index contributed by atoms with van der Waals surface area (Å²) < 4.78 is 5.38. The Hall–Kier alpha value is -1.59. The van der Waals surface area contributed by atoms with Crippen LogP contribution in [0.15, 0.2) is 24.3 Å². The maximum atomic E-state index is 12.2. The summed E-state index contributed by atoms with van der Waals surface area (Å²) in [5, 5.41) is 3.01. The Morgan fingerprint density at radius 1 is 1.21 bits per heavy atom. The van der Waals surface area contributed by atoms with Crippen LogP contribution in [-0.2, 0) is 9.53 Å². The van der Waals surface area contributed by atoms with Gasteiger partial charge in [-0.25, -0.2) is 0 Å². The third-order valence-corrected chi connectivity index (χ3v) is 4.92. The number of ether oxygens (including phenoxy) is 1. The number of likely N-dealkylation sites (tertiary alicyclic amines) is 1. The second kappa shape index (κ2) is 8.49. The molecule has 0 aromatic heterocycles. The number of amides is 1. The van der Waals surface area contributed by atoms with Gasteiger partial charge in [-0.1, -0.05) is 6.92 Å². The number of hydrogen-bond acceptors (Lipinski definition) is 4. The molecule has 1 aromatic rings. The van der Waals surface area contributed by atoms with Crippen molar-refractivity contribution in [2.24, 2.45) is 5.92 Å². The van der Waals surface area contributed by atoms with Gasteiger partial charge in [-0.15, -0.1) is 0 Å². The lowest BCUT2D eigenvalue weighted by Crippen LogP contribution is -2.36. The first-order chi connectivity index (χ1) is 11.7. The number of nitrogens with one attached hydrogen (secondary N) is 1. The number of rotatable bonds is 5. The third-order valence-electron chi connectivity index (χ3n) is 4.92. The van der Waals surface area contributed by atoms with Gasteiger partial charge in [0, 0.05) is 44.0 Å². The number of benzene rings is 1. The zero-order chi connectivity index (χ0) is 16.8. The first-order valence-corrected chi connectivity index (χ1v) is 9.15. The fourth-order valence-corrected chi connectivity index (χ4v) is 3.55. The zero-order valence-corrected chi connectivity index (χ0v) is 14.7. The van der Waals surface area contributed by atoms with Crippen LogP contribution in [0.5, 0.6) is 0 Å². The zero-order valence-electron chi connectivity index (χ0n) is 14.7. The molecule has 2 aliphatic rings. The Morgan fingerprint density at radius 3 is 2.67 bits per heavy atom. The number of anilines is 2. The quantitative estimate of drug-likeness (QED) is 0.901. The number of hydrogen-bond donors (Lipinski definition) is 1. The highest BCUT2D eigenvalue weighted by molar-refractivity contribution is 5.91. The normalized spacial score (nSPS) is 22.4. The molecule has 0 spiro atoms. The van der Waals surface area contributed by atoms with Crippen LogP contribution in [0.1, 0.15) is 26.2 Å². The van der Waals surface area contributed by atoms with E-state index in [1.54, 1.807) is 0 Å². The molecule has 132 valence electrons. The molecule has 2 saturated heterocycles. The van der Waals surface area contributed by atoms with Crippen molar-refractivity contribution in [2.75, 3.05) is 56.2 Å². The van der Waals surface area contributed by atoms with E-state index in [4.69, 9.17) is 4.74 Å². The van der Waals surface area contributed by atoms with Gasteiger partial charge in [-0.05, 0) is 49.6 Å². The van der Waals surface area contributed by atoms with Crippen LogP contribution in [0.3, 0.4) is 0 Å². The highest BCUT2D eigenvalue weighted by Crippen LogP contribution is 2.19. The van der Waals surface area contributed by atoms with E-state index in [1.807, 2.05) is 12.1 Å². The number of piperidine rings is 1. The summed E-state index contributed by atoms with van der Waals surface area (Å²) in [7, 11) is 0. The molecule has 0 radical (unpaired) electrons. The minimum atomic E-state index is 0.104. The van der Waals surface area contributed by atoms with E-state index >= 15 is 0 Å². The van der Waals surface area contributed by atoms with Gasteiger partial charge in [-0.2, -0.15) is 0 Å². The van der Waals surface area contributed by atoms with Crippen molar-refractivity contribution in [3.8, 4) is 0 Å². The lowest BCUT2D eigenvalue weighted by atomic mass is 10.0. The van der Waals surface area contributed by atoms with Crippen LogP contribution in [0.25, 0.3) is 0 Å². The average Bonchev–Trinajstić information content (AvgIpc) is 2.61. The van der Waals surface area contributed by atoms with E-state index in [2.05, 4.69) is 34.2 Å². The van der Waals surface area contributed by atoms with Crippen LogP contribution < -0.4 is 10.2 Å². The van der Waals surface area contributed by atoms with Crippen LogP contribution in [0.2, 0.25) is 0 Å².